The predicted molar refractivity (Wildman–Crippen MR) is 74.7 cm³/mol. The average Bonchev–Trinajstić information content (AvgIpc) is 2.77. The van der Waals surface area contributed by atoms with Gasteiger partial charge in [0.1, 0.15) is 10.8 Å². The van der Waals surface area contributed by atoms with Crippen LogP contribution in [0.2, 0.25) is 0 Å². The van der Waals surface area contributed by atoms with Crippen LogP contribution in [-0.2, 0) is 0 Å². The van der Waals surface area contributed by atoms with E-state index in [1.54, 1.807) is 6.20 Å². The Morgan fingerprint density at radius 1 is 1.44 bits per heavy atom. The van der Waals surface area contributed by atoms with Gasteiger partial charge in [0.15, 0.2) is 5.65 Å². The molecular weight excluding hydrogens is 244 g/mol. The highest BCUT2D eigenvalue weighted by Gasteiger charge is 2.21. The Morgan fingerprint density at radius 2 is 2.33 bits per heavy atom. The van der Waals surface area contributed by atoms with Crippen LogP contribution in [0.5, 0.6) is 0 Å². The number of hydrogen-bond donors (Lipinski definition) is 1. The second-order valence-corrected chi connectivity index (χ2v) is 6.43. The van der Waals surface area contributed by atoms with Crippen molar-refractivity contribution >= 4 is 23.2 Å². The van der Waals surface area contributed by atoms with Crippen molar-refractivity contribution in [3.8, 4) is 0 Å². The minimum Gasteiger partial charge on any atom is -0.382 e. The van der Waals surface area contributed by atoms with E-state index in [0.717, 1.165) is 16.6 Å². The highest BCUT2D eigenvalue weighted by atomic mass is 32.2. The number of nitrogen functional groups attached to an aromatic ring is 1. The number of thioether (sulfide) groups is 1. The Bertz CT molecular complexity index is 551. The molecule has 5 heteroatoms. The second kappa shape index (κ2) is 4.80. The van der Waals surface area contributed by atoms with Crippen molar-refractivity contribution in [2.75, 3.05) is 5.73 Å². The lowest BCUT2D eigenvalue weighted by molar-refractivity contribution is 0.394. The van der Waals surface area contributed by atoms with E-state index in [9.17, 15) is 0 Å². The maximum atomic E-state index is 5.84. The molecule has 1 saturated carbocycles. The van der Waals surface area contributed by atoms with Gasteiger partial charge in [-0.2, -0.15) is 0 Å². The number of imidazole rings is 1. The van der Waals surface area contributed by atoms with Gasteiger partial charge < -0.3 is 10.1 Å². The molecule has 2 aromatic heterocycles. The van der Waals surface area contributed by atoms with Crippen molar-refractivity contribution < 1.29 is 0 Å². The maximum absolute atomic E-state index is 5.84. The molecule has 2 N–H and O–H groups in total. The second-order valence-electron chi connectivity index (χ2n) is 5.14. The Hall–Kier alpha value is -1.23. The van der Waals surface area contributed by atoms with Crippen LogP contribution in [0, 0.1) is 5.92 Å². The first kappa shape index (κ1) is 11.8. The van der Waals surface area contributed by atoms with Gasteiger partial charge in [0.2, 0.25) is 0 Å². The quantitative estimate of drug-likeness (QED) is 0.904. The third-order valence-corrected chi connectivity index (χ3v) is 4.79. The topological polar surface area (TPSA) is 56.2 Å². The summed E-state index contributed by atoms with van der Waals surface area (Å²) in [6, 6.07) is 0. The maximum Gasteiger partial charge on any atom is 0.169 e. The minimum atomic E-state index is 0.562. The SMILES string of the molecule is CC1CCCC(Sc2nc(N)cn3ccnc23)C1. The van der Waals surface area contributed by atoms with Gasteiger partial charge in [-0.05, 0) is 18.8 Å². The van der Waals surface area contributed by atoms with E-state index in [2.05, 4.69) is 16.9 Å². The van der Waals surface area contributed by atoms with Gasteiger partial charge in [0.25, 0.3) is 0 Å². The first-order valence-electron chi connectivity index (χ1n) is 6.48. The number of aromatic nitrogens is 3. The molecule has 2 unspecified atom stereocenters. The summed E-state index contributed by atoms with van der Waals surface area (Å²) in [5.74, 6) is 1.39. The molecule has 2 aromatic rings. The van der Waals surface area contributed by atoms with Crippen molar-refractivity contribution in [2.45, 2.75) is 42.9 Å². The molecular formula is C13H18N4S. The molecule has 3 rings (SSSR count). The summed E-state index contributed by atoms with van der Waals surface area (Å²) in [6.45, 7) is 2.34. The van der Waals surface area contributed by atoms with E-state index in [-0.39, 0.29) is 0 Å². The van der Waals surface area contributed by atoms with Gasteiger partial charge in [0.05, 0.1) is 6.20 Å². The van der Waals surface area contributed by atoms with Gasteiger partial charge in [-0.1, -0.05) is 31.5 Å². The fraction of sp³-hybridized carbons (Fsp3) is 0.538. The molecule has 0 aromatic carbocycles. The Labute approximate surface area is 111 Å². The van der Waals surface area contributed by atoms with Crippen molar-refractivity contribution in [1.29, 1.82) is 0 Å². The van der Waals surface area contributed by atoms with E-state index in [1.165, 1.54) is 25.7 Å². The third-order valence-electron chi connectivity index (χ3n) is 3.53. The molecule has 0 aliphatic heterocycles. The predicted octanol–water partition coefficient (Wildman–Crippen LogP) is 2.98. The molecule has 1 fully saturated rings. The fourth-order valence-corrected chi connectivity index (χ4v) is 4.09. The van der Waals surface area contributed by atoms with Crippen LogP contribution in [-0.4, -0.2) is 19.6 Å². The van der Waals surface area contributed by atoms with E-state index in [0.29, 0.717) is 11.1 Å². The fourth-order valence-electron chi connectivity index (χ4n) is 2.64. The van der Waals surface area contributed by atoms with Gasteiger partial charge >= 0.3 is 0 Å². The lowest BCUT2D eigenvalue weighted by atomic mass is 9.91. The van der Waals surface area contributed by atoms with E-state index in [1.807, 2.05) is 28.6 Å². The van der Waals surface area contributed by atoms with Gasteiger partial charge in [-0.25, -0.2) is 9.97 Å². The number of nitrogens with two attached hydrogens (primary N) is 1. The Balaban J connectivity index is 1.87. The first-order chi connectivity index (χ1) is 8.72. The van der Waals surface area contributed by atoms with Crippen LogP contribution >= 0.6 is 11.8 Å². The highest BCUT2D eigenvalue weighted by Crippen LogP contribution is 2.36. The molecule has 4 nitrogen and oxygen atoms in total. The number of hydrogen-bond acceptors (Lipinski definition) is 4. The number of fused-ring (bicyclic) bond motifs is 1. The molecule has 2 heterocycles. The van der Waals surface area contributed by atoms with Crippen molar-refractivity contribution in [3.05, 3.63) is 18.6 Å². The van der Waals surface area contributed by atoms with Gasteiger partial charge in [-0.3, -0.25) is 0 Å². The van der Waals surface area contributed by atoms with Crippen LogP contribution in [0.25, 0.3) is 5.65 Å². The first-order valence-corrected chi connectivity index (χ1v) is 7.36. The van der Waals surface area contributed by atoms with Crippen molar-refractivity contribution in [1.82, 2.24) is 14.4 Å². The van der Waals surface area contributed by atoms with Crippen LogP contribution < -0.4 is 5.73 Å². The summed E-state index contributed by atoms with van der Waals surface area (Å²) < 4.78 is 1.96. The zero-order chi connectivity index (χ0) is 12.5. The molecule has 0 spiro atoms. The zero-order valence-corrected chi connectivity index (χ0v) is 11.4. The summed E-state index contributed by atoms with van der Waals surface area (Å²) >= 11 is 1.84. The largest absolute Gasteiger partial charge is 0.382 e. The van der Waals surface area contributed by atoms with Crippen LogP contribution in [0.1, 0.15) is 32.6 Å². The average molecular weight is 262 g/mol. The highest BCUT2D eigenvalue weighted by molar-refractivity contribution is 8.00. The summed E-state index contributed by atoms with van der Waals surface area (Å²) in [4.78, 5) is 8.82. The van der Waals surface area contributed by atoms with Crippen molar-refractivity contribution in [2.24, 2.45) is 5.92 Å². The lowest BCUT2D eigenvalue weighted by Gasteiger charge is -2.25. The molecule has 0 bridgehead atoms. The number of rotatable bonds is 2. The zero-order valence-electron chi connectivity index (χ0n) is 10.5. The van der Waals surface area contributed by atoms with Crippen LogP contribution in [0.15, 0.2) is 23.6 Å². The number of nitrogens with zero attached hydrogens (tertiary/aromatic N) is 3. The monoisotopic (exact) mass is 262 g/mol. The summed E-state index contributed by atoms with van der Waals surface area (Å²) in [5, 5.41) is 1.63. The molecule has 0 radical (unpaired) electrons. The smallest absolute Gasteiger partial charge is 0.169 e. The van der Waals surface area contributed by atoms with Crippen LogP contribution in [0.3, 0.4) is 0 Å². The molecule has 0 amide bonds. The molecule has 96 valence electrons. The van der Waals surface area contributed by atoms with Gasteiger partial charge in [-0.15, -0.1) is 0 Å². The van der Waals surface area contributed by atoms with E-state index in [4.69, 9.17) is 5.73 Å². The van der Waals surface area contributed by atoms with Crippen molar-refractivity contribution in [3.63, 3.8) is 0 Å². The van der Waals surface area contributed by atoms with E-state index >= 15 is 0 Å². The summed E-state index contributed by atoms with van der Waals surface area (Å²) in [5.41, 5.74) is 6.77. The minimum absolute atomic E-state index is 0.562. The normalized spacial score (nSPS) is 24.5. The Kier molecular flexibility index (Phi) is 3.16. The molecule has 18 heavy (non-hydrogen) atoms. The molecule has 0 saturated heterocycles. The van der Waals surface area contributed by atoms with Gasteiger partial charge in [0, 0.05) is 17.6 Å². The Morgan fingerprint density at radius 3 is 3.17 bits per heavy atom. The molecule has 1 aliphatic rings. The van der Waals surface area contributed by atoms with Crippen LogP contribution in [0.4, 0.5) is 5.82 Å². The standard InChI is InChI=1S/C13H18N4S/c1-9-3-2-4-10(7-9)18-13-12-15-5-6-17(12)8-11(14)16-13/h5-6,8-10H,2-4,7,14H2,1H3. The summed E-state index contributed by atoms with van der Waals surface area (Å²) in [7, 11) is 0. The molecule has 1 aliphatic carbocycles. The summed E-state index contributed by atoms with van der Waals surface area (Å²) in [6.07, 6.45) is 10.8. The van der Waals surface area contributed by atoms with E-state index < -0.39 is 0 Å². The number of anilines is 1. The lowest BCUT2D eigenvalue weighted by Crippen LogP contribution is -2.15. The molecule has 2 atom stereocenters. The third kappa shape index (κ3) is 2.32.